The van der Waals surface area contributed by atoms with Gasteiger partial charge in [-0.3, -0.25) is 0 Å². The van der Waals surface area contributed by atoms with E-state index in [2.05, 4.69) is 9.72 Å². The molecule has 1 rings (SSSR count). The minimum Gasteiger partial charge on any atom is -0.417 e. The van der Waals surface area contributed by atoms with E-state index in [0.29, 0.717) is 0 Å². The minimum atomic E-state index is -2.96. The molecule has 1 aromatic rings. The van der Waals surface area contributed by atoms with Crippen LogP contribution in [0.5, 0.6) is 5.88 Å². The van der Waals surface area contributed by atoms with Crippen LogP contribution < -0.4 is 10.5 Å². The molecule has 4 nitrogen and oxygen atoms in total. The van der Waals surface area contributed by atoms with Crippen molar-refractivity contribution in [2.75, 3.05) is 5.73 Å². The number of nitrogen functional groups attached to an aromatic ring is 1. The van der Waals surface area contributed by atoms with Crippen molar-refractivity contribution in [1.82, 2.24) is 4.98 Å². The average Bonchev–Trinajstić information content (AvgIpc) is 2.07. The second-order valence-electron chi connectivity index (χ2n) is 2.10. The number of alkyl halides is 2. The number of ether oxygens (including phenoxy) is 1. The first-order valence-electron chi connectivity index (χ1n) is 3.24. The molecule has 0 fully saturated rings. The number of nitrogens with two attached hydrogens (primary N) is 1. The Bertz CT molecular complexity index is 348. The van der Waals surface area contributed by atoms with Crippen LogP contribution in [0.1, 0.15) is 5.56 Å². The number of nitriles is 1. The van der Waals surface area contributed by atoms with E-state index < -0.39 is 6.61 Å². The molecule has 0 saturated heterocycles. The number of halogens is 2. The van der Waals surface area contributed by atoms with Crippen molar-refractivity contribution in [3.8, 4) is 11.9 Å². The SMILES string of the molecule is N#Cc1cc(OC(F)F)ncc1N. The molecule has 1 heterocycles. The summed E-state index contributed by atoms with van der Waals surface area (Å²) in [6.45, 7) is -2.96. The third kappa shape index (κ3) is 2.27. The van der Waals surface area contributed by atoms with E-state index in [-0.39, 0.29) is 17.1 Å². The maximum Gasteiger partial charge on any atom is 0.388 e. The highest BCUT2D eigenvalue weighted by Gasteiger charge is 2.07. The number of aromatic nitrogens is 1. The predicted molar refractivity (Wildman–Crippen MR) is 40.0 cm³/mol. The average molecular weight is 185 g/mol. The molecule has 0 spiro atoms. The van der Waals surface area contributed by atoms with E-state index in [1.807, 2.05) is 0 Å². The first kappa shape index (κ1) is 9.19. The van der Waals surface area contributed by atoms with Crippen LogP contribution in [-0.2, 0) is 0 Å². The number of rotatable bonds is 2. The topological polar surface area (TPSA) is 71.9 Å². The van der Waals surface area contributed by atoms with Gasteiger partial charge in [0.05, 0.1) is 17.4 Å². The fourth-order valence-electron chi connectivity index (χ4n) is 0.699. The van der Waals surface area contributed by atoms with Crippen molar-refractivity contribution >= 4 is 5.69 Å². The molecule has 0 radical (unpaired) electrons. The maximum atomic E-state index is 11.7. The van der Waals surface area contributed by atoms with Crippen LogP contribution in [0, 0.1) is 11.3 Å². The molecule has 0 aromatic carbocycles. The molecular weight excluding hydrogens is 180 g/mol. The van der Waals surface area contributed by atoms with Crippen LogP contribution in [-0.4, -0.2) is 11.6 Å². The van der Waals surface area contributed by atoms with Crippen molar-refractivity contribution in [2.24, 2.45) is 0 Å². The lowest BCUT2D eigenvalue weighted by Crippen LogP contribution is -2.04. The van der Waals surface area contributed by atoms with Crippen LogP contribution in [0.3, 0.4) is 0 Å². The van der Waals surface area contributed by atoms with E-state index >= 15 is 0 Å². The number of anilines is 1. The molecule has 0 atom stereocenters. The summed E-state index contributed by atoms with van der Waals surface area (Å²) in [5.74, 6) is -0.319. The molecule has 0 amide bonds. The van der Waals surface area contributed by atoms with Crippen molar-refractivity contribution < 1.29 is 13.5 Å². The molecule has 2 N–H and O–H groups in total. The Morgan fingerprint density at radius 3 is 2.85 bits per heavy atom. The Balaban J connectivity index is 2.95. The number of nitrogens with zero attached hydrogens (tertiary/aromatic N) is 2. The summed E-state index contributed by atoms with van der Waals surface area (Å²) in [4.78, 5) is 3.45. The molecule has 0 aliphatic rings. The van der Waals surface area contributed by atoms with Gasteiger partial charge < -0.3 is 10.5 Å². The van der Waals surface area contributed by atoms with Crippen molar-refractivity contribution in [2.45, 2.75) is 6.61 Å². The lowest BCUT2D eigenvalue weighted by molar-refractivity contribution is -0.0528. The second kappa shape index (κ2) is 3.67. The Morgan fingerprint density at radius 2 is 2.31 bits per heavy atom. The largest absolute Gasteiger partial charge is 0.417 e. The van der Waals surface area contributed by atoms with Gasteiger partial charge in [0, 0.05) is 6.07 Å². The third-order valence-corrected chi connectivity index (χ3v) is 1.24. The van der Waals surface area contributed by atoms with Crippen LogP contribution in [0.4, 0.5) is 14.5 Å². The molecule has 68 valence electrons. The first-order chi connectivity index (χ1) is 6.13. The molecule has 6 heteroatoms. The van der Waals surface area contributed by atoms with E-state index in [9.17, 15) is 8.78 Å². The third-order valence-electron chi connectivity index (χ3n) is 1.24. The smallest absolute Gasteiger partial charge is 0.388 e. The van der Waals surface area contributed by atoms with E-state index in [4.69, 9.17) is 11.0 Å². The predicted octanol–water partition coefficient (Wildman–Crippen LogP) is 1.14. The summed E-state index contributed by atoms with van der Waals surface area (Å²) in [5.41, 5.74) is 5.49. The molecule has 0 saturated carbocycles. The Hall–Kier alpha value is -1.90. The summed E-state index contributed by atoms with van der Waals surface area (Å²) < 4.78 is 27.3. The Kier molecular flexibility index (Phi) is 2.59. The van der Waals surface area contributed by atoms with Crippen LogP contribution in [0.2, 0.25) is 0 Å². The first-order valence-corrected chi connectivity index (χ1v) is 3.24. The Labute approximate surface area is 72.6 Å². The van der Waals surface area contributed by atoms with Gasteiger partial charge in [0.2, 0.25) is 5.88 Å². The second-order valence-corrected chi connectivity index (χ2v) is 2.10. The quantitative estimate of drug-likeness (QED) is 0.749. The summed E-state index contributed by atoms with van der Waals surface area (Å²) in [5, 5.41) is 8.48. The zero-order valence-corrected chi connectivity index (χ0v) is 6.37. The van der Waals surface area contributed by atoms with Gasteiger partial charge in [0.1, 0.15) is 6.07 Å². The molecule has 0 unspecified atom stereocenters. The van der Waals surface area contributed by atoms with Crippen LogP contribution in [0.25, 0.3) is 0 Å². The number of hydrogen-bond acceptors (Lipinski definition) is 4. The molecule has 1 aromatic heterocycles. The summed E-state index contributed by atoms with van der Waals surface area (Å²) in [6, 6.07) is 2.78. The van der Waals surface area contributed by atoms with Crippen LogP contribution in [0.15, 0.2) is 12.3 Å². The van der Waals surface area contributed by atoms with Gasteiger partial charge in [0.25, 0.3) is 0 Å². The minimum absolute atomic E-state index is 0.0608. The normalized spacial score (nSPS) is 9.69. The van der Waals surface area contributed by atoms with Gasteiger partial charge in [-0.25, -0.2) is 4.98 Å². The van der Waals surface area contributed by atoms with Gasteiger partial charge in [-0.2, -0.15) is 14.0 Å². The molecule has 0 aliphatic heterocycles. The highest BCUT2D eigenvalue weighted by Crippen LogP contribution is 2.16. The van der Waals surface area contributed by atoms with E-state index in [0.717, 1.165) is 12.3 Å². The van der Waals surface area contributed by atoms with Gasteiger partial charge in [0.15, 0.2) is 0 Å². The van der Waals surface area contributed by atoms with Gasteiger partial charge in [-0.05, 0) is 0 Å². The molecule has 13 heavy (non-hydrogen) atoms. The van der Waals surface area contributed by atoms with Crippen molar-refractivity contribution in [3.63, 3.8) is 0 Å². The molecule has 0 bridgehead atoms. The lowest BCUT2D eigenvalue weighted by atomic mass is 10.2. The fourth-order valence-corrected chi connectivity index (χ4v) is 0.699. The zero-order chi connectivity index (χ0) is 9.84. The molecule has 0 aliphatic carbocycles. The van der Waals surface area contributed by atoms with Gasteiger partial charge in [-0.15, -0.1) is 0 Å². The van der Waals surface area contributed by atoms with Gasteiger partial charge >= 0.3 is 6.61 Å². The fraction of sp³-hybridized carbons (Fsp3) is 0.143. The van der Waals surface area contributed by atoms with Gasteiger partial charge in [-0.1, -0.05) is 0 Å². The molecular formula is C7H5F2N3O. The lowest BCUT2D eigenvalue weighted by Gasteiger charge is -2.03. The summed E-state index contributed by atoms with van der Waals surface area (Å²) in [7, 11) is 0. The van der Waals surface area contributed by atoms with Crippen LogP contribution >= 0.6 is 0 Å². The monoisotopic (exact) mass is 185 g/mol. The number of hydrogen-bond donors (Lipinski definition) is 1. The van der Waals surface area contributed by atoms with E-state index in [1.54, 1.807) is 6.07 Å². The van der Waals surface area contributed by atoms with Crippen molar-refractivity contribution in [3.05, 3.63) is 17.8 Å². The highest BCUT2D eigenvalue weighted by molar-refractivity contribution is 5.53. The summed E-state index contributed by atoms with van der Waals surface area (Å²) in [6.07, 6.45) is 1.09. The number of pyridine rings is 1. The maximum absolute atomic E-state index is 11.7. The standard InChI is InChI=1S/C7H5F2N3O/c8-7(9)13-6-1-4(2-10)5(11)3-12-6/h1,3,7H,11H2. The van der Waals surface area contributed by atoms with Crippen molar-refractivity contribution in [1.29, 1.82) is 5.26 Å². The highest BCUT2D eigenvalue weighted by atomic mass is 19.3. The Morgan fingerprint density at radius 1 is 1.62 bits per heavy atom. The summed E-state index contributed by atoms with van der Waals surface area (Å²) >= 11 is 0. The van der Waals surface area contributed by atoms with E-state index in [1.165, 1.54) is 0 Å². The zero-order valence-electron chi connectivity index (χ0n) is 6.37.